The average molecular weight is 450 g/mol. The van der Waals surface area contributed by atoms with Crippen LogP contribution in [0.2, 0.25) is 5.02 Å². The summed E-state index contributed by atoms with van der Waals surface area (Å²) >= 11 is 6.22. The van der Waals surface area contributed by atoms with Crippen molar-refractivity contribution in [1.82, 2.24) is 9.55 Å². The molecular weight excluding hydrogens is 431 g/mol. The quantitative estimate of drug-likeness (QED) is 0.558. The van der Waals surface area contributed by atoms with E-state index in [-0.39, 0.29) is 27.9 Å². The van der Waals surface area contributed by atoms with E-state index >= 15 is 0 Å². The van der Waals surface area contributed by atoms with E-state index in [1.807, 2.05) is 32.0 Å². The minimum Gasteiger partial charge on any atom is -0.311 e. The molecule has 31 heavy (non-hydrogen) atoms. The van der Waals surface area contributed by atoms with Crippen LogP contribution >= 0.6 is 11.6 Å². The number of carbonyl (C=O) groups excluding carboxylic acids is 1. The molecule has 1 aromatic heterocycles. The van der Waals surface area contributed by atoms with Crippen LogP contribution in [0, 0.1) is 20.8 Å². The van der Waals surface area contributed by atoms with E-state index in [0.717, 1.165) is 21.8 Å². The molecule has 9 heteroatoms. The molecule has 0 saturated heterocycles. The van der Waals surface area contributed by atoms with Crippen molar-refractivity contribution in [3.05, 3.63) is 86.0 Å². The zero-order chi connectivity index (χ0) is 23.1. The van der Waals surface area contributed by atoms with Crippen molar-refractivity contribution in [1.29, 1.82) is 0 Å². The third kappa shape index (κ3) is 4.34. The first-order valence-electron chi connectivity index (χ1n) is 9.24. The molecule has 0 N–H and O–H groups in total. The van der Waals surface area contributed by atoms with Gasteiger partial charge in [-0.3, -0.25) is 9.36 Å². The molecule has 3 aromatic rings. The van der Waals surface area contributed by atoms with Gasteiger partial charge < -0.3 is 4.90 Å². The monoisotopic (exact) mass is 449 g/mol. The third-order valence-electron chi connectivity index (χ3n) is 5.07. The van der Waals surface area contributed by atoms with Gasteiger partial charge in [-0.1, -0.05) is 23.7 Å². The highest BCUT2D eigenvalue weighted by Gasteiger charge is 2.34. The number of carbonyl (C=O) groups is 1. The van der Waals surface area contributed by atoms with Gasteiger partial charge in [-0.05, 0) is 62.2 Å². The molecule has 5 nitrogen and oxygen atoms in total. The number of anilines is 1. The smallest absolute Gasteiger partial charge is 0.311 e. The van der Waals surface area contributed by atoms with Crippen LogP contribution in [0.4, 0.5) is 18.9 Å². The van der Waals surface area contributed by atoms with Gasteiger partial charge in [-0.2, -0.15) is 18.2 Å². The summed E-state index contributed by atoms with van der Waals surface area (Å²) in [5.74, 6) is -0.364. The first-order chi connectivity index (χ1) is 14.4. The highest BCUT2D eigenvalue weighted by atomic mass is 35.5. The lowest BCUT2D eigenvalue weighted by molar-refractivity contribution is -0.141. The van der Waals surface area contributed by atoms with Crippen molar-refractivity contribution < 1.29 is 18.0 Å². The molecule has 0 bridgehead atoms. The summed E-state index contributed by atoms with van der Waals surface area (Å²) in [6.45, 7) is 5.17. The second-order valence-corrected chi connectivity index (χ2v) is 7.56. The molecule has 0 aliphatic carbocycles. The minimum atomic E-state index is -4.75. The fourth-order valence-electron chi connectivity index (χ4n) is 3.26. The fourth-order valence-corrected chi connectivity index (χ4v) is 3.46. The van der Waals surface area contributed by atoms with Crippen LogP contribution in [-0.2, 0) is 6.18 Å². The van der Waals surface area contributed by atoms with Gasteiger partial charge in [0.1, 0.15) is 0 Å². The van der Waals surface area contributed by atoms with Gasteiger partial charge in [0.2, 0.25) is 0 Å². The van der Waals surface area contributed by atoms with Gasteiger partial charge in [0.25, 0.3) is 5.91 Å². The largest absolute Gasteiger partial charge is 0.433 e. The Labute approximate surface area is 181 Å². The number of aryl methyl sites for hydroxylation is 2. The van der Waals surface area contributed by atoms with Crippen molar-refractivity contribution in [3.8, 4) is 5.69 Å². The van der Waals surface area contributed by atoms with Crippen LogP contribution in [0.5, 0.6) is 0 Å². The molecule has 0 unspecified atom stereocenters. The molecule has 0 radical (unpaired) electrons. The van der Waals surface area contributed by atoms with E-state index in [1.54, 1.807) is 7.05 Å². The molecule has 2 aromatic carbocycles. The normalized spacial score (nSPS) is 11.5. The fraction of sp³-hybridized carbons (Fsp3) is 0.227. The Balaban J connectivity index is 2.08. The van der Waals surface area contributed by atoms with E-state index in [0.29, 0.717) is 5.69 Å². The van der Waals surface area contributed by atoms with Crippen molar-refractivity contribution in [2.45, 2.75) is 26.9 Å². The molecule has 0 spiro atoms. The average Bonchev–Trinajstić information content (AvgIpc) is 2.69. The summed E-state index contributed by atoms with van der Waals surface area (Å²) in [6, 6.07) is 10.6. The van der Waals surface area contributed by atoms with Crippen LogP contribution in [-0.4, -0.2) is 22.5 Å². The maximum Gasteiger partial charge on any atom is 0.433 e. The number of amides is 1. The first kappa shape index (κ1) is 22.6. The van der Waals surface area contributed by atoms with Gasteiger partial charge in [0.15, 0.2) is 5.69 Å². The Morgan fingerprint density at radius 1 is 1.10 bits per heavy atom. The lowest BCUT2D eigenvalue weighted by Gasteiger charge is -2.21. The molecule has 1 heterocycles. The molecule has 0 atom stereocenters. The summed E-state index contributed by atoms with van der Waals surface area (Å²) < 4.78 is 39.8. The number of hydrogen-bond donors (Lipinski definition) is 0. The number of rotatable bonds is 3. The number of halogens is 4. The molecule has 0 fully saturated rings. The number of benzene rings is 2. The van der Waals surface area contributed by atoms with E-state index in [1.165, 1.54) is 30.0 Å². The number of nitrogens with zero attached hydrogens (tertiary/aromatic N) is 3. The molecule has 0 aliphatic rings. The van der Waals surface area contributed by atoms with Crippen LogP contribution in [0.15, 0.2) is 47.3 Å². The van der Waals surface area contributed by atoms with Crippen LogP contribution in [0.1, 0.15) is 32.9 Å². The first-order valence-corrected chi connectivity index (χ1v) is 9.61. The van der Waals surface area contributed by atoms with Crippen molar-refractivity contribution >= 4 is 23.2 Å². The second-order valence-electron chi connectivity index (χ2n) is 7.15. The molecule has 0 aliphatic heterocycles. The lowest BCUT2D eigenvalue weighted by Crippen LogP contribution is -2.29. The number of alkyl halides is 3. The molecule has 3 rings (SSSR count). The molecule has 1 amide bonds. The predicted molar refractivity (Wildman–Crippen MR) is 113 cm³/mol. The summed E-state index contributed by atoms with van der Waals surface area (Å²) in [4.78, 5) is 30.1. The van der Waals surface area contributed by atoms with Crippen LogP contribution in [0.25, 0.3) is 5.69 Å². The lowest BCUT2D eigenvalue weighted by atomic mass is 10.1. The van der Waals surface area contributed by atoms with Gasteiger partial charge in [0, 0.05) is 24.0 Å². The maximum atomic E-state index is 13.1. The summed E-state index contributed by atoms with van der Waals surface area (Å²) in [5.41, 5.74) is 0.525. The van der Waals surface area contributed by atoms with E-state index in [2.05, 4.69) is 4.98 Å². The summed E-state index contributed by atoms with van der Waals surface area (Å²) in [6.07, 6.45) is -4.75. The van der Waals surface area contributed by atoms with Crippen molar-refractivity contribution in [3.63, 3.8) is 0 Å². The van der Waals surface area contributed by atoms with Crippen molar-refractivity contribution in [2.75, 3.05) is 11.9 Å². The Kier molecular flexibility index (Phi) is 5.96. The van der Waals surface area contributed by atoms with E-state index in [4.69, 9.17) is 11.6 Å². The Hall–Kier alpha value is -3.13. The second kappa shape index (κ2) is 8.19. The molecule has 162 valence electrons. The Morgan fingerprint density at radius 2 is 1.77 bits per heavy atom. The van der Waals surface area contributed by atoms with Gasteiger partial charge in [0.05, 0.1) is 10.7 Å². The molecular formula is C22H19ClF3N3O2. The third-order valence-corrected chi connectivity index (χ3v) is 5.39. The van der Waals surface area contributed by atoms with Crippen molar-refractivity contribution in [2.24, 2.45) is 0 Å². The molecule has 0 saturated carbocycles. The Bertz CT molecular complexity index is 1240. The van der Waals surface area contributed by atoms with Crippen LogP contribution < -0.4 is 10.6 Å². The highest BCUT2D eigenvalue weighted by Crippen LogP contribution is 2.29. The topological polar surface area (TPSA) is 55.2 Å². The standard InChI is InChI=1S/C22H19ClF3N3O2/c1-12-6-5-7-17(14(12)3)28(4)20(30)15-8-9-16(23)18(11-15)29-13(2)10-19(22(24,25)26)27-21(29)31/h5-11H,1-4H3. The predicted octanol–water partition coefficient (Wildman–Crippen LogP) is 5.11. The summed E-state index contributed by atoms with van der Waals surface area (Å²) in [5, 5.41) is 0.0951. The highest BCUT2D eigenvalue weighted by molar-refractivity contribution is 6.32. The van der Waals surface area contributed by atoms with Crippen LogP contribution in [0.3, 0.4) is 0 Å². The number of hydrogen-bond acceptors (Lipinski definition) is 3. The minimum absolute atomic E-state index is 0.0123. The number of aromatic nitrogens is 2. The van der Waals surface area contributed by atoms with E-state index in [9.17, 15) is 22.8 Å². The Morgan fingerprint density at radius 3 is 2.39 bits per heavy atom. The zero-order valence-electron chi connectivity index (χ0n) is 17.2. The van der Waals surface area contributed by atoms with Gasteiger partial charge in [-0.15, -0.1) is 0 Å². The SMILES string of the molecule is Cc1cccc(N(C)C(=O)c2ccc(Cl)c(-n3c(C)cc(C(F)(F)F)nc3=O)c2)c1C. The van der Waals surface area contributed by atoms with Gasteiger partial charge in [-0.25, -0.2) is 4.79 Å². The van der Waals surface area contributed by atoms with E-state index < -0.39 is 17.6 Å². The zero-order valence-corrected chi connectivity index (χ0v) is 18.0. The summed E-state index contributed by atoms with van der Waals surface area (Å²) in [7, 11) is 1.62. The van der Waals surface area contributed by atoms with Gasteiger partial charge >= 0.3 is 11.9 Å². The maximum absolute atomic E-state index is 13.1.